The maximum Gasteiger partial charge on any atom is 0.417 e. The van der Waals surface area contributed by atoms with E-state index in [-0.39, 0.29) is 67.2 Å². The predicted octanol–water partition coefficient (Wildman–Crippen LogP) is 11.3. The summed E-state index contributed by atoms with van der Waals surface area (Å²) in [7, 11) is 3.14. The normalized spacial score (nSPS) is 21.4. The van der Waals surface area contributed by atoms with Crippen LogP contribution in [0.15, 0.2) is 77.2 Å². The molecular formula is C53H57F5N6O6. The molecule has 70 heavy (non-hydrogen) atoms. The number of anilines is 2. The molecule has 2 aromatic heterocycles. The Balaban J connectivity index is 1.13. The monoisotopic (exact) mass is 968 g/mol. The van der Waals surface area contributed by atoms with Gasteiger partial charge in [0, 0.05) is 55.8 Å². The number of alkyl halides is 4. The van der Waals surface area contributed by atoms with Gasteiger partial charge in [0.1, 0.15) is 52.6 Å². The van der Waals surface area contributed by atoms with Crippen LogP contribution >= 0.6 is 0 Å². The van der Waals surface area contributed by atoms with Gasteiger partial charge in [0.25, 0.3) is 0 Å². The Morgan fingerprint density at radius 1 is 0.886 bits per heavy atom. The standard InChI is InChI=1S/C53H57F5N6O6/c1-31-22-41-44-46(59-49(68-30-52-20-7-21-63(52)27-34(54)24-52)60-48(44)62-28-36-12-13-37(29-62)64(36)50(65)70-51(2,3)4)45(55)43(47(41)69-31)40-23-35(14-19-42(40)53(56,57)58)61(25-32-8-15-38(66-5)16-9-32)26-33-10-17-39(67-6)18-11-33/h8-11,14-19,22-23,34,36-37H,7,12-13,20-21,24-30H2,1-6H3/t34-,36-,37+,52+/m1/s1. The summed E-state index contributed by atoms with van der Waals surface area (Å²) in [5, 5.41) is 0.553. The van der Waals surface area contributed by atoms with E-state index in [2.05, 4.69) is 4.90 Å². The summed E-state index contributed by atoms with van der Waals surface area (Å²) in [5.41, 5.74) is -1.50. The number of ether oxygens (including phenoxy) is 4. The lowest BCUT2D eigenvalue weighted by molar-refractivity contribution is -0.137. The SMILES string of the molecule is COc1ccc(CN(Cc2ccc(OC)cc2)c2ccc(C(F)(F)F)c(-c3c(F)c4nc(OC[C@@]56CCCN5C[C@H](F)C6)nc(N5C[C@H]6CC[C@@H](C5)N6C(=O)OC(C)(C)C)c4c4cc(C)oc34)c2)cc1. The van der Waals surface area contributed by atoms with Gasteiger partial charge in [-0.3, -0.25) is 9.80 Å². The first kappa shape index (κ1) is 47.3. The first-order chi connectivity index (χ1) is 33.4. The molecule has 0 spiro atoms. The number of hydrogen-bond acceptors (Lipinski definition) is 11. The number of benzene rings is 4. The third-order valence-electron chi connectivity index (χ3n) is 14.3. The number of nitrogens with zero attached hydrogens (tertiary/aromatic N) is 6. The van der Waals surface area contributed by atoms with E-state index in [0.717, 1.165) is 23.6 Å². The van der Waals surface area contributed by atoms with Crippen molar-refractivity contribution in [1.82, 2.24) is 19.8 Å². The van der Waals surface area contributed by atoms with Gasteiger partial charge in [-0.15, -0.1) is 0 Å². The van der Waals surface area contributed by atoms with Gasteiger partial charge >= 0.3 is 18.3 Å². The van der Waals surface area contributed by atoms with Crippen molar-refractivity contribution in [2.45, 2.75) is 108 Å². The summed E-state index contributed by atoms with van der Waals surface area (Å²) in [5.74, 6) is 0.870. The van der Waals surface area contributed by atoms with E-state index in [1.807, 2.05) is 79.1 Å². The average Bonchev–Trinajstić information content (AvgIpc) is 4.06. The third-order valence-corrected chi connectivity index (χ3v) is 14.3. The number of hydrogen-bond donors (Lipinski definition) is 0. The molecule has 4 saturated heterocycles. The number of amides is 1. The maximum atomic E-state index is 18.3. The molecule has 0 aliphatic carbocycles. The molecule has 10 rings (SSSR count). The second-order valence-corrected chi connectivity index (χ2v) is 20.2. The van der Waals surface area contributed by atoms with Gasteiger partial charge in [-0.1, -0.05) is 24.3 Å². The van der Waals surface area contributed by atoms with Crippen molar-refractivity contribution in [1.29, 1.82) is 0 Å². The van der Waals surface area contributed by atoms with Crippen molar-refractivity contribution in [2.24, 2.45) is 0 Å². The van der Waals surface area contributed by atoms with Crippen LogP contribution in [0.1, 0.15) is 75.3 Å². The van der Waals surface area contributed by atoms with Gasteiger partial charge in [0.05, 0.1) is 48.4 Å². The van der Waals surface area contributed by atoms with Crippen LogP contribution in [0.4, 0.5) is 38.3 Å². The number of furan rings is 1. The first-order valence-corrected chi connectivity index (χ1v) is 23.8. The van der Waals surface area contributed by atoms with E-state index in [1.54, 1.807) is 32.1 Å². The van der Waals surface area contributed by atoms with Crippen molar-refractivity contribution in [2.75, 3.05) is 56.8 Å². The van der Waals surface area contributed by atoms with Crippen molar-refractivity contribution < 1.29 is 50.1 Å². The van der Waals surface area contributed by atoms with Crippen LogP contribution in [0.2, 0.25) is 0 Å². The van der Waals surface area contributed by atoms with Gasteiger partial charge in [0.2, 0.25) is 0 Å². The highest BCUT2D eigenvalue weighted by molar-refractivity contribution is 6.16. The van der Waals surface area contributed by atoms with E-state index in [1.165, 1.54) is 12.1 Å². The number of rotatable bonds is 12. The highest BCUT2D eigenvalue weighted by atomic mass is 19.4. The van der Waals surface area contributed by atoms with Gasteiger partial charge in [-0.25, -0.2) is 13.6 Å². The van der Waals surface area contributed by atoms with Crippen LogP contribution in [-0.4, -0.2) is 102 Å². The second-order valence-electron chi connectivity index (χ2n) is 20.2. The summed E-state index contributed by atoms with van der Waals surface area (Å²) in [6.07, 6.45) is -3.16. The van der Waals surface area contributed by atoms with E-state index in [0.29, 0.717) is 73.0 Å². The van der Waals surface area contributed by atoms with E-state index >= 15 is 17.6 Å². The predicted molar refractivity (Wildman–Crippen MR) is 256 cm³/mol. The lowest BCUT2D eigenvalue weighted by Gasteiger charge is -2.42. The fourth-order valence-corrected chi connectivity index (χ4v) is 11.1. The summed E-state index contributed by atoms with van der Waals surface area (Å²) in [6.45, 7) is 9.31. The number of carbonyl (C=O) groups is 1. The molecule has 12 nitrogen and oxygen atoms in total. The van der Waals surface area contributed by atoms with Gasteiger partial charge in [-0.2, -0.15) is 23.1 Å². The molecule has 0 saturated carbocycles. The largest absolute Gasteiger partial charge is 0.497 e. The highest BCUT2D eigenvalue weighted by Gasteiger charge is 2.50. The summed E-state index contributed by atoms with van der Waals surface area (Å²) in [6, 6.07) is 19.5. The fraction of sp³-hybridized carbons (Fsp3) is 0.453. The molecule has 17 heteroatoms. The minimum atomic E-state index is -4.92. The molecule has 370 valence electrons. The van der Waals surface area contributed by atoms with Crippen molar-refractivity contribution in [3.05, 3.63) is 101 Å². The van der Waals surface area contributed by atoms with Crippen LogP contribution in [0.3, 0.4) is 0 Å². The molecule has 0 unspecified atom stereocenters. The molecule has 2 bridgehead atoms. The number of halogens is 5. The van der Waals surface area contributed by atoms with Crippen LogP contribution in [0.5, 0.6) is 17.5 Å². The first-order valence-electron chi connectivity index (χ1n) is 23.8. The summed E-state index contributed by atoms with van der Waals surface area (Å²) in [4.78, 5) is 31.0. The second kappa shape index (κ2) is 18.1. The topological polar surface area (TPSA) is 106 Å². The number of piperazine rings is 1. The molecule has 1 amide bonds. The Morgan fingerprint density at radius 2 is 1.53 bits per heavy atom. The van der Waals surface area contributed by atoms with Crippen molar-refractivity contribution >= 4 is 39.5 Å². The number of aromatic nitrogens is 2. The van der Waals surface area contributed by atoms with Crippen LogP contribution < -0.4 is 24.0 Å². The molecule has 4 aromatic carbocycles. The molecule has 4 atom stereocenters. The Kier molecular flexibility index (Phi) is 12.2. The maximum absolute atomic E-state index is 18.3. The van der Waals surface area contributed by atoms with Crippen LogP contribution in [-0.2, 0) is 24.0 Å². The van der Waals surface area contributed by atoms with Crippen molar-refractivity contribution in [3.8, 4) is 28.6 Å². The molecule has 4 aliphatic heterocycles. The lowest BCUT2D eigenvalue weighted by Crippen LogP contribution is -2.57. The molecule has 0 radical (unpaired) electrons. The molecule has 0 N–H and O–H groups in total. The smallest absolute Gasteiger partial charge is 0.417 e. The highest BCUT2D eigenvalue weighted by Crippen LogP contribution is 2.49. The zero-order chi connectivity index (χ0) is 49.3. The number of aryl methyl sites for hydroxylation is 1. The van der Waals surface area contributed by atoms with Gasteiger partial charge < -0.3 is 33.2 Å². The van der Waals surface area contributed by atoms with E-state index < -0.39 is 52.1 Å². The number of methoxy groups -OCH3 is 2. The Labute approximate surface area is 403 Å². The number of carbonyl (C=O) groups excluding carboxylic acids is 1. The van der Waals surface area contributed by atoms with Crippen LogP contribution in [0, 0.1) is 12.7 Å². The minimum Gasteiger partial charge on any atom is -0.497 e. The molecule has 4 fully saturated rings. The zero-order valence-electron chi connectivity index (χ0n) is 40.2. The third kappa shape index (κ3) is 9.01. The fourth-order valence-electron chi connectivity index (χ4n) is 11.1. The summed E-state index contributed by atoms with van der Waals surface area (Å²) < 4.78 is 109. The Morgan fingerprint density at radius 3 is 2.13 bits per heavy atom. The summed E-state index contributed by atoms with van der Waals surface area (Å²) >= 11 is 0. The molecule has 6 aromatic rings. The zero-order valence-corrected chi connectivity index (χ0v) is 40.2. The molecule has 4 aliphatic rings. The number of fused-ring (bicyclic) bond motifs is 6. The Bertz CT molecular complexity index is 2860. The minimum absolute atomic E-state index is 0.0378. The lowest BCUT2D eigenvalue weighted by atomic mass is 9.94. The van der Waals surface area contributed by atoms with Crippen LogP contribution in [0.25, 0.3) is 33.0 Å². The van der Waals surface area contributed by atoms with E-state index in [4.69, 9.17) is 33.3 Å². The van der Waals surface area contributed by atoms with Gasteiger partial charge in [-0.05, 0) is 120 Å². The van der Waals surface area contributed by atoms with E-state index in [9.17, 15) is 9.18 Å². The quantitative estimate of drug-likeness (QED) is 0.109. The Hall–Kier alpha value is -6.36. The molecule has 6 heterocycles. The average molecular weight is 969 g/mol. The van der Waals surface area contributed by atoms with Gasteiger partial charge in [0.15, 0.2) is 5.82 Å². The van der Waals surface area contributed by atoms with Crippen molar-refractivity contribution in [3.63, 3.8) is 0 Å². The molecular weight excluding hydrogens is 912 g/mol.